The Hall–Kier alpha value is 0.839. The van der Waals surface area contributed by atoms with Crippen molar-refractivity contribution in [3.8, 4) is 0 Å². The molecule has 0 spiro atoms. The van der Waals surface area contributed by atoms with Crippen LogP contribution in [-0.4, -0.2) is 78.7 Å². The van der Waals surface area contributed by atoms with Crippen LogP contribution in [0.25, 0.3) is 0 Å². The first kappa shape index (κ1) is 59.4. The molecule has 0 heterocycles. The van der Waals surface area contributed by atoms with E-state index in [9.17, 15) is 0 Å². The maximum absolute atomic E-state index is 8.82. The van der Waals surface area contributed by atoms with Crippen molar-refractivity contribution in [1.29, 1.82) is 0 Å². The van der Waals surface area contributed by atoms with Gasteiger partial charge in [-0.25, -0.2) is 0 Å². The molecule has 0 aromatic heterocycles. The first-order chi connectivity index (χ1) is 2.00. The van der Waals surface area contributed by atoms with Gasteiger partial charge in [-0.15, -0.1) is 0 Å². The van der Waals surface area contributed by atoms with Crippen LogP contribution in [0.2, 0.25) is 0 Å². The fourth-order valence-corrected chi connectivity index (χ4v) is 0. The van der Waals surface area contributed by atoms with Gasteiger partial charge in [0.2, 0.25) is 0 Å². The average Bonchev–Trinajstić information content (AvgIpc) is 0.722. The molecule has 0 aliphatic rings. The molecule has 0 aliphatic carbocycles. The number of hydrogen-bond donors (Lipinski definition) is 2. The molecule has 0 saturated carbocycles. The number of hydrogen-bond acceptors (Lipinski definition) is 2. The van der Waals surface area contributed by atoms with E-state index in [4.69, 9.17) is 16.0 Å². The Balaban J connectivity index is -0.00000000533. The van der Waals surface area contributed by atoms with E-state index in [0.29, 0.717) is 0 Å². The first-order valence-corrected chi connectivity index (χ1v) is 3.63. The molecule has 0 bridgehead atoms. The van der Waals surface area contributed by atoms with Crippen LogP contribution in [0, 0.1) is 0 Å². The van der Waals surface area contributed by atoms with Gasteiger partial charge in [0, 0.05) is 0 Å². The zero-order valence-corrected chi connectivity index (χ0v) is 6.33. The fraction of sp³-hybridized carbons (Fsp3) is 0. The van der Waals surface area contributed by atoms with Crippen LogP contribution < -0.4 is 0 Å². The molecule has 74 valence electrons. The predicted octanol–water partition coefficient (Wildman–Crippen LogP) is -6.50. The van der Waals surface area contributed by atoms with E-state index in [1.165, 1.54) is 0 Å². The third kappa shape index (κ3) is 1200. The summed E-state index contributed by atoms with van der Waals surface area (Å²) in [6.45, 7) is 0. The van der Waals surface area contributed by atoms with Crippen LogP contribution in [0.4, 0.5) is 0 Å². The minimum absolute atomic E-state index is 0. The van der Waals surface area contributed by atoms with E-state index in [0.717, 1.165) is 0 Å². The van der Waals surface area contributed by atoms with Crippen LogP contribution in [0.1, 0.15) is 0 Å². The van der Waals surface area contributed by atoms with Crippen molar-refractivity contribution >= 4 is 42.9 Å². The van der Waals surface area contributed by atoms with E-state index in [-0.39, 0.29) is 56.9 Å². The monoisotopic (exact) mass is 260 g/mol. The summed E-state index contributed by atoms with van der Waals surface area (Å²) in [5.41, 5.74) is 0. The molecule has 0 fully saturated rings. The van der Waals surface area contributed by atoms with Crippen LogP contribution in [0.3, 0.4) is 0 Å². The van der Waals surface area contributed by atoms with E-state index in [2.05, 4.69) is 0 Å². The summed E-state index contributed by atoms with van der Waals surface area (Å²) in [5.74, 6) is 0. The normalized spacial score (nSPS) is 5.27. The molecule has 0 aromatic rings. The second kappa shape index (κ2) is 22.4. The Bertz CT molecular complexity index is 92.7. The minimum atomic E-state index is -5.25. The standard InChI is InChI=1S/Na.H2O4Se.5H2O.H/c;1-5(2,3)4;;;;;;/h;(H2,1,2,3,4);5*1H2;. The average molecular weight is 259 g/mol. The maximum atomic E-state index is 8.82. The Morgan fingerprint density at radius 1 is 0.727 bits per heavy atom. The first-order valence-electron chi connectivity index (χ1n) is 0.698. The predicted molar refractivity (Wildman–Crippen MR) is 36.8 cm³/mol. The molecular weight excluding hydrogens is 246 g/mol. The quantitative estimate of drug-likeness (QED) is 0.403. The van der Waals surface area contributed by atoms with Gasteiger partial charge in [-0.3, -0.25) is 0 Å². The zero-order chi connectivity index (χ0) is 4.50. The molecule has 0 amide bonds. The molecule has 11 heteroatoms. The summed E-state index contributed by atoms with van der Waals surface area (Å²) in [4.78, 5) is 0. The molecule has 0 unspecified atom stereocenters. The Morgan fingerprint density at radius 3 is 0.727 bits per heavy atom. The van der Waals surface area contributed by atoms with E-state index in [1.807, 2.05) is 0 Å². The van der Waals surface area contributed by atoms with Crippen molar-refractivity contribution in [2.75, 3.05) is 0 Å². The molecule has 11 heavy (non-hydrogen) atoms. The molecule has 9 nitrogen and oxygen atoms in total. The molecular formula is H13NaO9Se. The summed E-state index contributed by atoms with van der Waals surface area (Å²) < 4.78 is 31.9. The van der Waals surface area contributed by atoms with Gasteiger partial charge >= 0.3 is 59.0 Å². The van der Waals surface area contributed by atoms with Gasteiger partial charge in [0.15, 0.2) is 0 Å². The third-order valence-electron chi connectivity index (χ3n) is 0. The van der Waals surface area contributed by atoms with Crippen molar-refractivity contribution in [3.63, 3.8) is 0 Å². The molecule has 0 saturated heterocycles. The van der Waals surface area contributed by atoms with E-state index in [1.54, 1.807) is 0 Å². The van der Waals surface area contributed by atoms with Crippen LogP contribution >= 0.6 is 0 Å². The molecule has 12 N–H and O–H groups in total. The van der Waals surface area contributed by atoms with Gasteiger partial charge in [-0.1, -0.05) is 0 Å². The van der Waals surface area contributed by atoms with Crippen molar-refractivity contribution in [2.45, 2.75) is 0 Å². The van der Waals surface area contributed by atoms with E-state index >= 15 is 0 Å². The SMILES string of the molecule is O.O.O.O.O.O=[Se](=O)(O)O.[NaH]. The van der Waals surface area contributed by atoms with Gasteiger partial charge in [-0.2, -0.15) is 0 Å². The fourth-order valence-electron chi connectivity index (χ4n) is 0. The molecule has 0 aromatic carbocycles. The second-order valence-corrected chi connectivity index (χ2v) is 2.33. The van der Waals surface area contributed by atoms with Crippen LogP contribution in [0.15, 0.2) is 0 Å². The summed E-state index contributed by atoms with van der Waals surface area (Å²) in [6, 6.07) is 0. The third-order valence-corrected chi connectivity index (χ3v) is 0. The van der Waals surface area contributed by atoms with Crippen LogP contribution in [-0.2, 0) is 7.67 Å². The molecule has 0 atom stereocenters. The van der Waals surface area contributed by atoms with Gasteiger partial charge in [0.05, 0.1) is 0 Å². The van der Waals surface area contributed by atoms with Gasteiger partial charge < -0.3 is 27.4 Å². The van der Waals surface area contributed by atoms with Gasteiger partial charge in [0.1, 0.15) is 0 Å². The number of rotatable bonds is 0. The summed E-state index contributed by atoms with van der Waals surface area (Å²) in [5, 5.41) is 0. The summed E-state index contributed by atoms with van der Waals surface area (Å²) in [6.07, 6.45) is 0. The molecule has 0 aliphatic heterocycles. The van der Waals surface area contributed by atoms with Crippen molar-refractivity contribution in [1.82, 2.24) is 0 Å². The van der Waals surface area contributed by atoms with E-state index < -0.39 is 13.4 Å². The van der Waals surface area contributed by atoms with Crippen molar-refractivity contribution in [3.05, 3.63) is 0 Å². The Labute approximate surface area is 86.1 Å². The molecule has 0 rings (SSSR count). The van der Waals surface area contributed by atoms with Gasteiger partial charge in [0.25, 0.3) is 0 Å². The van der Waals surface area contributed by atoms with Crippen LogP contribution in [0.5, 0.6) is 0 Å². The Morgan fingerprint density at radius 2 is 0.727 bits per heavy atom. The summed E-state index contributed by atoms with van der Waals surface area (Å²) in [7, 11) is 0. The summed E-state index contributed by atoms with van der Waals surface area (Å²) >= 11 is -5.25. The zero-order valence-electron chi connectivity index (χ0n) is 4.62. The molecule has 0 radical (unpaired) electrons. The Kier molecular flexibility index (Phi) is 121. The topological polar surface area (TPSA) is 232 Å². The second-order valence-electron chi connectivity index (χ2n) is 0.448. The van der Waals surface area contributed by atoms with Gasteiger partial charge in [-0.05, 0) is 0 Å². The van der Waals surface area contributed by atoms with Crippen molar-refractivity contribution < 1.29 is 43.4 Å². The van der Waals surface area contributed by atoms with Crippen molar-refractivity contribution in [2.24, 2.45) is 0 Å².